The molecule has 1 atom stereocenters. The number of carbonyl (C=O) groups is 1. The summed E-state index contributed by atoms with van der Waals surface area (Å²) >= 11 is 10.1. The van der Waals surface area contributed by atoms with Crippen LogP contribution < -0.4 is 0 Å². The van der Waals surface area contributed by atoms with Gasteiger partial charge >= 0.3 is 5.97 Å². The van der Waals surface area contributed by atoms with Crippen molar-refractivity contribution in [1.82, 2.24) is 0 Å². The van der Waals surface area contributed by atoms with Gasteiger partial charge in [-0.2, -0.15) is 0 Å². The van der Waals surface area contributed by atoms with Crippen molar-refractivity contribution < 1.29 is 9.53 Å². The van der Waals surface area contributed by atoms with E-state index in [9.17, 15) is 4.79 Å². The molecule has 0 bridgehead atoms. The summed E-state index contributed by atoms with van der Waals surface area (Å²) in [4.78, 5) is 10.8. The topological polar surface area (TPSA) is 26.3 Å². The molecule has 0 aliphatic carbocycles. The van der Waals surface area contributed by atoms with E-state index in [1.165, 1.54) is 7.11 Å². The third-order valence-corrected chi connectivity index (χ3v) is 3.85. The van der Waals surface area contributed by atoms with Crippen molar-refractivity contribution in [2.24, 2.45) is 0 Å². The van der Waals surface area contributed by atoms with Crippen LogP contribution >= 0.6 is 47.8 Å². The van der Waals surface area contributed by atoms with Crippen LogP contribution in [0.3, 0.4) is 0 Å². The highest BCUT2D eigenvalue weighted by Crippen LogP contribution is 2.31. The van der Waals surface area contributed by atoms with Crippen molar-refractivity contribution in [3.05, 3.63) is 35.4 Å². The van der Waals surface area contributed by atoms with Crippen molar-refractivity contribution in [3.8, 4) is 0 Å². The number of hydrogen-bond acceptors (Lipinski definition) is 2. The van der Waals surface area contributed by atoms with Gasteiger partial charge < -0.3 is 4.74 Å². The quantitative estimate of drug-likeness (QED) is 0.564. The first-order chi connectivity index (χ1) is 7.06. The van der Waals surface area contributed by atoms with Crippen LogP contribution in [0.4, 0.5) is 0 Å². The highest BCUT2D eigenvalue weighted by Gasteiger charge is 2.17. The van der Waals surface area contributed by atoms with Crippen LogP contribution in [0.15, 0.2) is 24.3 Å². The largest absolute Gasteiger partial charge is 0.468 e. The summed E-state index contributed by atoms with van der Waals surface area (Å²) in [5.41, 5.74) is 1.98. The van der Waals surface area contributed by atoms with Gasteiger partial charge in [-0.1, -0.05) is 72.1 Å². The van der Waals surface area contributed by atoms with Gasteiger partial charge in [-0.05, 0) is 11.1 Å². The fourth-order valence-electron chi connectivity index (χ4n) is 1.05. The minimum Gasteiger partial charge on any atom is -0.468 e. The third kappa shape index (κ3) is 3.57. The van der Waals surface area contributed by atoms with Crippen molar-refractivity contribution in [2.75, 3.05) is 7.11 Å². The number of alkyl halides is 3. The summed E-state index contributed by atoms with van der Waals surface area (Å²) in [7, 11) is 1.37. The van der Waals surface area contributed by atoms with Crippen LogP contribution in [0.5, 0.6) is 0 Å². The summed E-state index contributed by atoms with van der Waals surface area (Å²) in [6.07, 6.45) is 0. The van der Waals surface area contributed by atoms with Gasteiger partial charge in [0.05, 0.1) is 10.8 Å². The molecule has 15 heavy (non-hydrogen) atoms. The molecular formula is C10H9Br3O2. The summed E-state index contributed by atoms with van der Waals surface area (Å²) < 4.78 is 4.77. The van der Waals surface area contributed by atoms with Gasteiger partial charge in [0.2, 0.25) is 0 Å². The molecule has 0 radical (unpaired) electrons. The lowest BCUT2D eigenvalue weighted by Crippen LogP contribution is -2.08. The Morgan fingerprint density at radius 2 is 1.60 bits per heavy atom. The lowest BCUT2D eigenvalue weighted by molar-refractivity contribution is -0.139. The van der Waals surface area contributed by atoms with Gasteiger partial charge in [0.25, 0.3) is 0 Å². The van der Waals surface area contributed by atoms with E-state index in [2.05, 4.69) is 52.5 Å². The molecular weight excluding hydrogens is 392 g/mol. The van der Waals surface area contributed by atoms with Gasteiger partial charge in [0.15, 0.2) is 0 Å². The zero-order chi connectivity index (χ0) is 11.4. The van der Waals surface area contributed by atoms with E-state index >= 15 is 0 Å². The Hall–Kier alpha value is 0.130. The highest BCUT2D eigenvalue weighted by molar-refractivity contribution is 9.24. The van der Waals surface area contributed by atoms with E-state index in [-0.39, 0.29) is 9.71 Å². The number of esters is 1. The van der Waals surface area contributed by atoms with Crippen LogP contribution in [0.2, 0.25) is 0 Å². The number of methoxy groups -OCH3 is 1. The van der Waals surface area contributed by atoms with E-state index in [1.807, 2.05) is 24.3 Å². The minimum atomic E-state index is -0.402. The minimum absolute atomic E-state index is 0.131. The molecule has 0 amide bonds. The van der Waals surface area contributed by atoms with E-state index in [1.54, 1.807) is 0 Å². The maximum absolute atomic E-state index is 11.2. The first-order valence-corrected chi connectivity index (χ1v) is 6.91. The number of hydrogen-bond donors (Lipinski definition) is 0. The molecule has 1 aromatic carbocycles. The zero-order valence-electron chi connectivity index (χ0n) is 7.91. The molecule has 2 nitrogen and oxygen atoms in total. The van der Waals surface area contributed by atoms with Crippen molar-refractivity contribution >= 4 is 53.8 Å². The molecule has 0 saturated heterocycles. The van der Waals surface area contributed by atoms with Crippen LogP contribution in [0.25, 0.3) is 0 Å². The number of ether oxygens (including phenoxy) is 1. The van der Waals surface area contributed by atoms with Gasteiger partial charge in [0.1, 0.15) is 4.83 Å². The SMILES string of the molecule is COC(=O)[C@H](Br)c1ccc(C(Br)Br)cc1. The maximum Gasteiger partial charge on any atom is 0.323 e. The highest BCUT2D eigenvalue weighted by atomic mass is 79.9. The average Bonchev–Trinajstić information content (AvgIpc) is 2.27. The molecule has 5 heteroatoms. The number of halogens is 3. The fourth-order valence-corrected chi connectivity index (χ4v) is 2.15. The summed E-state index contributed by atoms with van der Waals surface area (Å²) in [6, 6.07) is 7.67. The number of benzene rings is 1. The Labute approximate surface area is 114 Å². The van der Waals surface area contributed by atoms with Crippen molar-refractivity contribution in [2.45, 2.75) is 8.56 Å². The zero-order valence-corrected chi connectivity index (χ0v) is 12.7. The molecule has 0 saturated carbocycles. The second kappa shape index (κ2) is 6.01. The molecule has 82 valence electrons. The summed E-state index contributed by atoms with van der Waals surface area (Å²) in [5, 5.41) is 0. The van der Waals surface area contributed by atoms with Crippen LogP contribution in [0.1, 0.15) is 19.7 Å². The molecule has 0 aliphatic rings. The molecule has 0 aromatic heterocycles. The van der Waals surface area contributed by atoms with Crippen molar-refractivity contribution in [3.63, 3.8) is 0 Å². The smallest absolute Gasteiger partial charge is 0.323 e. The maximum atomic E-state index is 11.2. The summed E-state index contributed by atoms with van der Waals surface area (Å²) in [5.74, 6) is -0.294. The molecule has 1 rings (SSSR count). The van der Waals surface area contributed by atoms with Gasteiger partial charge in [-0.15, -0.1) is 0 Å². The Kier molecular flexibility index (Phi) is 5.29. The van der Waals surface area contributed by atoms with Gasteiger partial charge in [0, 0.05) is 0 Å². The summed E-state index contributed by atoms with van der Waals surface area (Å²) in [6.45, 7) is 0. The predicted molar refractivity (Wildman–Crippen MR) is 70.7 cm³/mol. The predicted octanol–water partition coefficient (Wildman–Crippen LogP) is 4.08. The van der Waals surface area contributed by atoms with Gasteiger partial charge in [-0.25, -0.2) is 0 Å². The second-order valence-corrected chi connectivity index (χ2v) is 6.83. The first kappa shape index (κ1) is 13.2. The van der Waals surface area contributed by atoms with E-state index in [0.29, 0.717) is 0 Å². The van der Waals surface area contributed by atoms with E-state index in [4.69, 9.17) is 0 Å². The van der Waals surface area contributed by atoms with Crippen LogP contribution in [0, 0.1) is 0 Å². The standard InChI is InChI=1S/C10H9Br3O2/c1-15-10(14)8(11)6-2-4-7(5-3-6)9(12)13/h2-5,8-9H,1H3/t8-/m1/s1. The van der Waals surface area contributed by atoms with E-state index < -0.39 is 4.83 Å². The molecule has 0 aliphatic heterocycles. The lowest BCUT2D eigenvalue weighted by Gasteiger charge is -2.09. The Morgan fingerprint density at radius 3 is 2.00 bits per heavy atom. The molecule has 0 N–H and O–H groups in total. The number of carbonyl (C=O) groups excluding carboxylic acids is 1. The Bertz CT molecular complexity index is 335. The fraction of sp³-hybridized carbons (Fsp3) is 0.300. The monoisotopic (exact) mass is 398 g/mol. The molecule has 0 unspecified atom stereocenters. The third-order valence-electron chi connectivity index (χ3n) is 1.89. The van der Waals surface area contributed by atoms with Crippen molar-refractivity contribution in [1.29, 1.82) is 0 Å². The molecule has 0 heterocycles. The Balaban J connectivity index is 2.84. The molecule has 0 fully saturated rings. The average molecular weight is 401 g/mol. The second-order valence-electron chi connectivity index (χ2n) is 2.85. The van der Waals surface area contributed by atoms with Crippen LogP contribution in [-0.2, 0) is 9.53 Å². The lowest BCUT2D eigenvalue weighted by atomic mass is 10.1. The number of rotatable bonds is 3. The molecule has 1 aromatic rings. The Morgan fingerprint density at radius 1 is 1.13 bits per heavy atom. The normalized spacial score (nSPS) is 12.6. The van der Waals surface area contributed by atoms with E-state index in [0.717, 1.165) is 11.1 Å². The van der Waals surface area contributed by atoms with Crippen LogP contribution in [-0.4, -0.2) is 13.1 Å². The first-order valence-electron chi connectivity index (χ1n) is 4.16. The van der Waals surface area contributed by atoms with Gasteiger partial charge in [-0.3, -0.25) is 4.79 Å². The molecule has 0 spiro atoms.